The molecule has 0 amide bonds. The number of halogens is 2. The Morgan fingerprint density at radius 3 is 2.80 bits per heavy atom. The fourth-order valence-corrected chi connectivity index (χ4v) is 1.99. The van der Waals surface area contributed by atoms with E-state index in [1.807, 2.05) is 18.2 Å². The maximum Gasteiger partial charge on any atom is 0.168 e. The summed E-state index contributed by atoms with van der Waals surface area (Å²) in [5.74, 6) is 0.632. The highest BCUT2D eigenvalue weighted by molar-refractivity contribution is 9.10. The molecule has 15 heavy (non-hydrogen) atoms. The molecule has 0 atom stereocenters. The normalized spacial score (nSPS) is 10.6. The zero-order valence-electron chi connectivity index (χ0n) is 7.71. The molecule has 0 radical (unpaired) electrons. The van der Waals surface area contributed by atoms with Gasteiger partial charge in [0, 0.05) is 22.6 Å². The maximum atomic E-state index is 6.07. The molecule has 0 fully saturated rings. The lowest BCUT2D eigenvalue weighted by Crippen LogP contribution is -1.94. The summed E-state index contributed by atoms with van der Waals surface area (Å²) in [4.78, 5) is 0. The van der Waals surface area contributed by atoms with Crippen molar-refractivity contribution < 1.29 is 4.52 Å². The second-order valence-corrected chi connectivity index (χ2v) is 4.33. The van der Waals surface area contributed by atoms with Gasteiger partial charge in [0.2, 0.25) is 0 Å². The van der Waals surface area contributed by atoms with Gasteiger partial charge in [-0.05, 0) is 18.2 Å². The SMILES string of the molecule is NCc1cc(-c2ccc(Br)cc2Cl)on1. The zero-order chi connectivity index (χ0) is 10.8. The van der Waals surface area contributed by atoms with Crippen LogP contribution in [0.3, 0.4) is 0 Å². The standard InChI is InChI=1S/C10H8BrClN2O/c11-6-1-2-8(9(12)3-6)10-4-7(5-13)14-15-10/h1-4H,5,13H2. The number of hydrogen-bond donors (Lipinski definition) is 1. The summed E-state index contributed by atoms with van der Waals surface area (Å²) in [6.45, 7) is 0.359. The number of nitrogens with zero attached hydrogens (tertiary/aromatic N) is 1. The first kappa shape index (κ1) is 10.7. The van der Waals surface area contributed by atoms with Crippen molar-refractivity contribution in [2.24, 2.45) is 5.73 Å². The van der Waals surface area contributed by atoms with Crippen molar-refractivity contribution in [3.8, 4) is 11.3 Å². The molecule has 1 heterocycles. The van der Waals surface area contributed by atoms with E-state index in [1.54, 1.807) is 6.07 Å². The molecule has 1 aromatic carbocycles. The molecular weight excluding hydrogens is 279 g/mol. The van der Waals surface area contributed by atoms with Crippen molar-refractivity contribution in [2.75, 3.05) is 0 Å². The van der Waals surface area contributed by atoms with Crippen molar-refractivity contribution in [1.82, 2.24) is 5.16 Å². The Labute approximate surface area is 100 Å². The van der Waals surface area contributed by atoms with E-state index in [-0.39, 0.29) is 0 Å². The van der Waals surface area contributed by atoms with E-state index in [4.69, 9.17) is 21.9 Å². The lowest BCUT2D eigenvalue weighted by Gasteiger charge is -1.99. The van der Waals surface area contributed by atoms with Gasteiger partial charge in [0.1, 0.15) is 0 Å². The summed E-state index contributed by atoms with van der Waals surface area (Å²) in [5, 5.41) is 4.42. The van der Waals surface area contributed by atoms with E-state index in [9.17, 15) is 0 Å². The Morgan fingerprint density at radius 2 is 2.20 bits per heavy atom. The van der Waals surface area contributed by atoms with E-state index >= 15 is 0 Å². The van der Waals surface area contributed by atoms with Crippen molar-refractivity contribution in [3.05, 3.63) is 39.5 Å². The van der Waals surface area contributed by atoms with Crippen molar-refractivity contribution in [3.63, 3.8) is 0 Å². The highest BCUT2D eigenvalue weighted by atomic mass is 79.9. The van der Waals surface area contributed by atoms with Gasteiger partial charge >= 0.3 is 0 Å². The predicted octanol–water partition coefficient (Wildman–Crippen LogP) is 3.22. The molecule has 0 bridgehead atoms. The smallest absolute Gasteiger partial charge is 0.168 e. The number of hydrogen-bond acceptors (Lipinski definition) is 3. The molecule has 0 saturated carbocycles. The monoisotopic (exact) mass is 286 g/mol. The first-order valence-corrected chi connectivity index (χ1v) is 5.49. The summed E-state index contributed by atoms with van der Waals surface area (Å²) in [6, 6.07) is 7.36. The van der Waals surface area contributed by atoms with Crippen LogP contribution in [0, 0.1) is 0 Å². The van der Waals surface area contributed by atoms with Gasteiger partial charge in [0.05, 0.1) is 10.7 Å². The molecule has 0 aliphatic rings. The van der Waals surface area contributed by atoms with Crippen LogP contribution in [0.4, 0.5) is 0 Å². The van der Waals surface area contributed by atoms with Crippen LogP contribution in [0.5, 0.6) is 0 Å². The van der Waals surface area contributed by atoms with Crippen LogP contribution in [-0.2, 0) is 6.54 Å². The average molecular weight is 288 g/mol. The Hall–Kier alpha value is -0.840. The topological polar surface area (TPSA) is 52.0 Å². The summed E-state index contributed by atoms with van der Waals surface area (Å²) in [5.41, 5.74) is 6.96. The summed E-state index contributed by atoms with van der Waals surface area (Å²) < 4.78 is 6.06. The van der Waals surface area contributed by atoms with E-state index < -0.39 is 0 Å². The molecule has 0 spiro atoms. The molecule has 0 aliphatic carbocycles. The number of aromatic nitrogens is 1. The minimum absolute atomic E-state index is 0.359. The average Bonchev–Trinajstić information content (AvgIpc) is 2.66. The van der Waals surface area contributed by atoms with Crippen LogP contribution in [0.2, 0.25) is 5.02 Å². The van der Waals surface area contributed by atoms with E-state index in [0.29, 0.717) is 23.0 Å². The highest BCUT2D eigenvalue weighted by Crippen LogP contribution is 2.30. The third kappa shape index (κ3) is 2.22. The van der Waals surface area contributed by atoms with Crippen LogP contribution >= 0.6 is 27.5 Å². The summed E-state index contributed by atoms with van der Waals surface area (Å²) in [6.07, 6.45) is 0. The van der Waals surface area contributed by atoms with Gasteiger partial charge in [-0.15, -0.1) is 0 Å². The first-order valence-electron chi connectivity index (χ1n) is 4.32. The minimum Gasteiger partial charge on any atom is -0.356 e. The van der Waals surface area contributed by atoms with E-state index in [1.165, 1.54) is 0 Å². The molecule has 2 rings (SSSR count). The van der Waals surface area contributed by atoms with Crippen LogP contribution < -0.4 is 5.73 Å². The van der Waals surface area contributed by atoms with Gasteiger partial charge < -0.3 is 10.3 Å². The fourth-order valence-electron chi connectivity index (χ4n) is 1.22. The maximum absolute atomic E-state index is 6.07. The molecule has 2 N–H and O–H groups in total. The first-order chi connectivity index (χ1) is 7.20. The Bertz CT molecular complexity index is 484. The molecule has 2 aromatic rings. The van der Waals surface area contributed by atoms with Gasteiger partial charge in [-0.3, -0.25) is 0 Å². The van der Waals surface area contributed by atoms with E-state index in [0.717, 1.165) is 10.0 Å². The Balaban J connectivity index is 2.44. The molecule has 0 unspecified atom stereocenters. The van der Waals surface area contributed by atoms with Gasteiger partial charge in [-0.2, -0.15) is 0 Å². The number of benzene rings is 1. The second kappa shape index (κ2) is 4.35. The number of nitrogens with two attached hydrogens (primary N) is 1. The lowest BCUT2D eigenvalue weighted by atomic mass is 10.1. The summed E-state index contributed by atoms with van der Waals surface area (Å²) in [7, 11) is 0. The molecule has 0 saturated heterocycles. The second-order valence-electron chi connectivity index (χ2n) is 3.01. The van der Waals surface area contributed by atoms with Gasteiger partial charge in [-0.25, -0.2) is 0 Å². The van der Waals surface area contributed by atoms with Crippen LogP contribution in [0.1, 0.15) is 5.69 Å². The van der Waals surface area contributed by atoms with Crippen molar-refractivity contribution in [2.45, 2.75) is 6.54 Å². The van der Waals surface area contributed by atoms with Crippen LogP contribution in [0.15, 0.2) is 33.3 Å². The quantitative estimate of drug-likeness (QED) is 0.922. The number of rotatable bonds is 2. The van der Waals surface area contributed by atoms with Gasteiger partial charge in [-0.1, -0.05) is 32.7 Å². The molecule has 3 nitrogen and oxygen atoms in total. The molecule has 78 valence electrons. The van der Waals surface area contributed by atoms with Crippen LogP contribution in [-0.4, -0.2) is 5.16 Å². The minimum atomic E-state index is 0.359. The van der Waals surface area contributed by atoms with Crippen LogP contribution in [0.25, 0.3) is 11.3 Å². The summed E-state index contributed by atoms with van der Waals surface area (Å²) >= 11 is 9.40. The largest absolute Gasteiger partial charge is 0.356 e. The fraction of sp³-hybridized carbons (Fsp3) is 0.100. The molecule has 0 aliphatic heterocycles. The highest BCUT2D eigenvalue weighted by Gasteiger charge is 2.09. The third-order valence-corrected chi connectivity index (χ3v) is 2.77. The lowest BCUT2D eigenvalue weighted by molar-refractivity contribution is 0.424. The Morgan fingerprint density at radius 1 is 1.40 bits per heavy atom. The third-order valence-electron chi connectivity index (χ3n) is 1.96. The Kier molecular flexibility index (Phi) is 3.09. The van der Waals surface area contributed by atoms with E-state index in [2.05, 4.69) is 21.1 Å². The van der Waals surface area contributed by atoms with Gasteiger partial charge in [0.25, 0.3) is 0 Å². The zero-order valence-corrected chi connectivity index (χ0v) is 10.0. The molecule has 1 aromatic heterocycles. The molecular formula is C10H8BrClN2O. The van der Waals surface area contributed by atoms with Gasteiger partial charge in [0.15, 0.2) is 5.76 Å². The van der Waals surface area contributed by atoms with Crippen molar-refractivity contribution in [1.29, 1.82) is 0 Å². The predicted molar refractivity (Wildman–Crippen MR) is 62.5 cm³/mol. The molecule has 5 heteroatoms. The van der Waals surface area contributed by atoms with Crippen molar-refractivity contribution >= 4 is 27.5 Å².